The molecule has 0 spiro atoms. The van der Waals surface area contributed by atoms with Crippen LogP contribution < -0.4 is 5.32 Å². The van der Waals surface area contributed by atoms with Gasteiger partial charge >= 0.3 is 6.18 Å². The average molecular weight is 289 g/mol. The number of rotatable bonds is 4. The van der Waals surface area contributed by atoms with Crippen molar-refractivity contribution >= 4 is 0 Å². The molecular formula is C15H19F4N. The van der Waals surface area contributed by atoms with Crippen LogP contribution in [0.2, 0.25) is 0 Å². The van der Waals surface area contributed by atoms with E-state index in [9.17, 15) is 17.6 Å². The Morgan fingerprint density at radius 1 is 1.10 bits per heavy atom. The molecule has 112 valence electrons. The van der Waals surface area contributed by atoms with Gasteiger partial charge in [-0.05, 0) is 56.3 Å². The zero-order valence-corrected chi connectivity index (χ0v) is 11.2. The van der Waals surface area contributed by atoms with Crippen LogP contribution in [-0.4, -0.2) is 18.8 Å². The summed E-state index contributed by atoms with van der Waals surface area (Å²) in [5, 5.41) is 3.27. The van der Waals surface area contributed by atoms with E-state index in [2.05, 4.69) is 5.32 Å². The second-order valence-corrected chi connectivity index (χ2v) is 5.42. The molecule has 0 aliphatic heterocycles. The minimum atomic E-state index is -4.05. The molecule has 1 aliphatic rings. The molecule has 0 amide bonds. The lowest BCUT2D eigenvalue weighted by atomic mass is 9.85. The summed E-state index contributed by atoms with van der Waals surface area (Å²) < 4.78 is 50.5. The van der Waals surface area contributed by atoms with Crippen LogP contribution in [0.3, 0.4) is 0 Å². The van der Waals surface area contributed by atoms with Gasteiger partial charge in [0, 0.05) is 6.04 Å². The van der Waals surface area contributed by atoms with E-state index in [0.717, 1.165) is 5.56 Å². The molecule has 1 N–H and O–H groups in total. The van der Waals surface area contributed by atoms with Crippen molar-refractivity contribution in [2.45, 2.75) is 44.3 Å². The maximum Gasteiger partial charge on any atom is 0.391 e. The molecule has 1 aliphatic carbocycles. The van der Waals surface area contributed by atoms with E-state index in [0.29, 0.717) is 25.8 Å². The van der Waals surface area contributed by atoms with E-state index < -0.39 is 12.1 Å². The molecule has 1 aromatic rings. The topological polar surface area (TPSA) is 12.0 Å². The Balaban J connectivity index is 1.69. The van der Waals surface area contributed by atoms with Gasteiger partial charge in [0.25, 0.3) is 0 Å². The van der Waals surface area contributed by atoms with Gasteiger partial charge in [0.1, 0.15) is 5.82 Å². The molecule has 0 saturated heterocycles. The summed E-state index contributed by atoms with van der Waals surface area (Å²) in [7, 11) is 0. The fraction of sp³-hybridized carbons (Fsp3) is 0.600. The van der Waals surface area contributed by atoms with Gasteiger partial charge in [0.05, 0.1) is 5.92 Å². The summed E-state index contributed by atoms with van der Waals surface area (Å²) in [5.41, 5.74) is 0.904. The minimum Gasteiger partial charge on any atom is -0.314 e. The molecule has 0 radical (unpaired) electrons. The zero-order valence-electron chi connectivity index (χ0n) is 11.2. The number of nitrogens with one attached hydrogen (secondary N) is 1. The molecule has 0 aromatic heterocycles. The molecule has 1 aromatic carbocycles. The normalized spacial score (nSPS) is 23.8. The standard InChI is InChI=1S/C15H19F4N/c16-13-3-1-2-11(10-13)8-9-20-14-6-4-12(5-7-14)15(17,18)19/h1-3,10,12,14,20H,4-9H2. The van der Waals surface area contributed by atoms with E-state index in [1.165, 1.54) is 12.1 Å². The summed E-state index contributed by atoms with van der Waals surface area (Å²) in [6.45, 7) is 0.671. The summed E-state index contributed by atoms with van der Waals surface area (Å²) in [6, 6.07) is 6.56. The highest BCUT2D eigenvalue weighted by Gasteiger charge is 2.41. The molecular weight excluding hydrogens is 270 g/mol. The van der Waals surface area contributed by atoms with Crippen molar-refractivity contribution < 1.29 is 17.6 Å². The first-order valence-electron chi connectivity index (χ1n) is 6.99. The summed E-state index contributed by atoms with van der Waals surface area (Å²) in [6.07, 6.45) is -1.81. The van der Waals surface area contributed by atoms with Gasteiger partial charge in [-0.2, -0.15) is 13.2 Å². The number of benzene rings is 1. The first-order chi connectivity index (χ1) is 9.45. The largest absolute Gasteiger partial charge is 0.391 e. The van der Waals surface area contributed by atoms with Gasteiger partial charge in [-0.1, -0.05) is 12.1 Å². The van der Waals surface area contributed by atoms with Crippen molar-refractivity contribution in [2.24, 2.45) is 5.92 Å². The van der Waals surface area contributed by atoms with Crippen LogP contribution in [0.4, 0.5) is 17.6 Å². The Kier molecular flexibility index (Phi) is 5.02. The van der Waals surface area contributed by atoms with Crippen LogP contribution in [0.25, 0.3) is 0 Å². The van der Waals surface area contributed by atoms with Crippen molar-refractivity contribution in [1.29, 1.82) is 0 Å². The zero-order chi connectivity index (χ0) is 14.6. The third kappa shape index (κ3) is 4.47. The number of alkyl halides is 3. The summed E-state index contributed by atoms with van der Waals surface area (Å²) >= 11 is 0. The summed E-state index contributed by atoms with van der Waals surface area (Å²) in [5.74, 6) is -1.39. The predicted octanol–water partition coefficient (Wildman–Crippen LogP) is 4.08. The van der Waals surface area contributed by atoms with E-state index in [1.54, 1.807) is 6.07 Å². The van der Waals surface area contributed by atoms with Crippen molar-refractivity contribution in [2.75, 3.05) is 6.54 Å². The Morgan fingerprint density at radius 2 is 1.80 bits per heavy atom. The van der Waals surface area contributed by atoms with Crippen molar-refractivity contribution in [1.82, 2.24) is 5.32 Å². The number of hydrogen-bond acceptors (Lipinski definition) is 1. The minimum absolute atomic E-state index is 0.155. The smallest absolute Gasteiger partial charge is 0.314 e. The highest BCUT2D eigenvalue weighted by Crippen LogP contribution is 2.37. The van der Waals surface area contributed by atoms with Crippen LogP contribution >= 0.6 is 0 Å². The number of halogens is 4. The third-order valence-electron chi connectivity index (χ3n) is 3.93. The highest BCUT2D eigenvalue weighted by atomic mass is 19.4. The van der Waals surface area contributed by atoms with Gasteiger partial charge in [-0.3, -0.25) is 0 Å². The Hall–Kier alpha value is -1.10. The van der Waals surface area contributed by atoms with Gasteiger partial charge in [-0.15, -0.1) is 0 Å². The predicted molar refractivity (Wildman–Crippen MR) is 69.9 cm³/mol. The van der Waals surface area contributed by atoms with Crippen LogP contribution in [0.1, 0.15) is 31.2 Å². The van der Waals surface area contributed by atoms with Gasteiger partial charge in [-0.25, -0.2) is 4.39 Å². The fourth-order valence-electron chi connectivity index (χ4n) is 2.74. The lowest BCUT2D eigenvalue weighted by Gasteiger charge is -2.30. The molecule has 0 heterocycles. The first kappa shape index (κ1) is 15.3. The number of hydrogen-bond donors (Lipinski definition) is 1. The Morgan fingerprint density at radius 3 is 2.40 bits per heavy atom. The lowest BCUT2D eigenvalue weighted by Crippen LogP contribution is -2.37. The maximum atomic E-state index is 13.0. The molecule has 1 nitrogen and oxygen atoms in total. The SMILES string of the molecule is Fc1cccc(CCNC2CCC(C(F)(F)F)CC2)c1. The van der Waals surface area contributed by atoms with Crippen molar-refractivity contribution in [3.63, 3.8) is 0 Å². The molecule has 0 bridgehead atoms. The molecule has 0 unspecified atom stereocenters. The Labute approximate surface area is 116 Å². The third-order valence-corrected chi connectivity index (χ3v) is 3.93. The van der Waals surface area contributed by atoms with Crippen LogP contribution in [0, 0.1) is 11.7 Å². The van der Waals surface area contributed by atoms with Crippen molar-refractivity contribution in [3.05, 3.63) is 35.6 Å². The van der Waals surface area contributed by atoms with Gasteiger partial charge in [0.15, 0.2) is 0 Å². The molecule has 1 fully saturated rings. The van der Waals surface area contributed by atoms with Crippen LogP contribution in [-0.2, 0) is 6.42 Å². The molecule has 2 rings (SSSR count). The molecule has 0 atom stereocenters. The van der Waals surface area contributed by atoms with E-state index in [-0.39, 0.29) is 24.7 Å². The van der Waals surface area contributed by atoms with E-state index in [4.69, 9.17) is 0 Å². The second-order valence-electron chi connectivity index (χ2n) is 5.42. The van der Waals surface area contributed by atoms with E-state index >= 15 is 0 Å². The van der Waals surface area contributed by atoms with Crippen LogP contribution in [0.5, 0.6) is 0 Å². The maximum absolute atomic E-state index is 13.0. The van der Waals surface area contributed by atoms with Crippen LogP contribution in [0.15, 0.2) is 24.3 Å². The monoisotopic (exact) mass is 289 g/mol. The van der Waals surface area contributed by atoms with E-state index in [1.807, 2.05) is 6.07 Å². The highest BCUT2D eigenvalue weighted by molar-refractivity contribution is 5.16. The van der Waals surface area contributed by atoms with Crippen molar-refractivity contribution in [3.8, 4) is 0 Å². The lowest BCUT2D eigenvalue weighted by molar-refractivity contribution is -0.182. The Bertz CT molecular complexity index is 422. The molecule has 1 saturated carbocycles. The fourth-order valence-corrected chi connectivity index (χ4v) is 2.74. The first-order valence-corrected chi connectivity index (χ1v) is 6.99. The molecule has 20 heavy (non-hydrogen) atoms. The van der Waals surface area contributed by atoms with Gasteiger partial charge < -0.3 is 5.32 Å². The second kappa shape index (κ2) is 6.57. The quantitative estimate of drug-likeness (QED) is 0.824. The average Bonchev–Trinajstić information content (AvgIpc) is 2.38. The van der Waals surface area contributed by atoms with Gasteiger partial charge in [0.2, 0.25) is 0 Å². The summed E-state index contributed by atoms with van der Waals surface area (Å²) in [4.78, 5) is 0. The molecule has 5 heteroatoms.